The highest BCUT2D eigenvalue weighted by atomic mass is 79.9. The fourth-order valence-electron chi connectivity index (χ4n) is 1.96. The Morgan fingerprint density at radius 2 is 2.11 bits per heavy atom. The molecular formula is C14H12BrFN2O. The average Bonchev–Trinajstić information content (AvgIpc) is 3.22. The summed E-state index contributed by atoms with van der Waals surface area (Å²) < 4.78 is 19.9. The molecule has 2 aromatic rings. The van der Waals surface area contributed by atoms with E-state index in [1.165, 1.54) is 7.11 Å². The summed E-state index contributed by atoms with van der Waals surface area (Å²) in [5, 5.41) is 0. The minimum absolute atomic E-state index is 0.222. The molecule has 3 nitrogen and oxygen atoms in total. The molecule has 98 valence electrons. The lowest BCUT2D eigenvalue weighted by Gasteiger charge is -2.08. The Morgan fingerprint density at radius 1 is 1.32 bits per heavy atom. The van der Waals surface area contributed by atoms with Crippen LogP contribution in [0.5, 0.6) is 5.75 Å². The van der Waals surface area contributed by atoms with Crippen LogP contribution in [-0.4, -0.2) is 17.1 Å². The summed E-state index contributed by atoms with van der Waals surface area (Å²) >= 11 is 3.36. The summed E-state index contributed by atoms with van der Waals surface area (Å²) in [7, 11) is 1.45. The highest BCUT2D eigenvalue weighted by Gasteiger charge is 2.27. The zero-order chi connectivity index (χ0) is 13.4. The topological polar surface area (TPSA) is 35.0 Å². The smallest absolute Gasteiger partial charge is 0.174 e. The monoisotopic (exact) mass is 322 g/mol. The fraction of sp³-hybridized carbons (Fsp3) is 0.286. The Bertz CT molecular complexity index is 629. The Labute approximate surface area is 119 Å². The van der Waals surface area contributed by atoms with Crippen molar-refractivity contribution in [1.29, 1.82) is 0 Å². The van der Waals surface area contributed by atoms with E-state index in [9.17, 15) is 4.39 Å². The molecular weight excluding hydrogens is 311 g/mol. The number of ether oxygens (including phenoxy) is 1. The molecule has 19 heavy (non-hydrogen) atoms. The van der Waals surface area contributed by atoms with E-state index < -0.39 is 5.82 Å². The molecule has 0 amide bonds. The van der Waals surface area contributed by atoms with Crippen LogP contribution in [0.1, 0.15) is 24.6 Å². The Balaban J connectivity index is 2.11. The molecule has 1 fully saturated rings. The zero-order valence-corrected chi connectivity index (χ0v) is 11.9. The molecule has 3 rings (SSSR count). The van der Waals surface area contributed by atoms with Crippen LogP contribution < -0.4 is 4.74 Å². The van der Waals surface area contributed by atoms with Gasteiger partial charge in [0.25, 0.3) is 0 Å². The third kappa shape index (κ3) is 2.47. The van der Waals surface area contributed by atoms with Gasteiger partial charge in [0, 0.05) is 11.5 Å². The van der Waals surface area contributed by atoms with E-state index in [0.29, 0.717) is 21.8 Å². The van der Waals surface area contributed by atoms with E-state index in [1.807, 2.05) is 0 Å². The number of nitrogens with zero attached hydrogens (tertiary/aromatic N) is 2. The first-order valence-corrected chi connectivity index (χ1v) is 6.85. The molecule has 1 aliphatic rings. The summed E-state index contributed by atoms with van der Waals surface area (Å²) in [6, 6.07) is 6.77. The van der Waals surface area contributed by atoms with Crippen molar-refractivity contribution in [3.8, 4) is 17.0 Å². The zero-order valence-electron chi connectivity index (χ0n) is 10.4. The van der Waals surface area contributed by atoms with Crippen molar-refractivity contribution in [3.63, 3.8) is 0 Å². The quantitative estimate of drug-likeness (QED) is 0.803. The first kappa shape index (κ1) is 12.5. The predicted molar refractivity (Wildman–Crippen MR) is 73.7 cm³/mol. The van der Waals surface area contributed by atoms with Gasteiger partial charge in [-0.05, 0) is 47.0 Å². The molecule has 1 heterocycles. The second-order valence-corrected chi connectivity index (χ2v) is 5.34. The van der Waals surface area contributed by atoms with Gasteiger partial charge < -0.3 is 4.74 Å². The van der Waals surface area contributed by atoms with Gasteiger partial charge in [0.15, 0.2) is 11.6 Å². The van der Waals surface area contributed by atoms with Crippen LogP contribution in [0.3, 0.4) is 0 Å². The van der Waals surface area contributed by atoms with Gasteiger partial charge >= 0.3 is 0 Å². The second kappa shape index (κ2) is 4.89. The van der Waals surface area contributed by atoms with Crippen LogP contribution in [0.4, 0.5) is 4.39 Å². The van der Waals surface area contributed by atoms with E-state index in [0.717, 1.165) is 18.7 Å². The molecule has 0 spiro atoms. The molecule has 0 atom stereocenters. The molecule has 0 bridgehead atoms. The van der Waals surface area contributed by atoms with Gasteiger partial charge in [-0.2, -0.15) is 0 Å². The third-order valence-corrected chi connectivity index (χ3v) is 3.52. The van der Waals surface area contributed by atoms with Crippen molar-refractivity contribution < 1.29 is 9.13 Å². The lowest BCUT2D eigenvalue weighted by molar-refractivity contribution is 0.387. The summed E-state index contributed by atoms with van der Waals surface area (Å²) in [5.74, 6) is 1.04. The van der Waals surface area contributed by atoms with E-state index in [2.05, 4.69) is 25.9 Å². The first-order valence-electron chi connectivity index (χ1n) is 6.06. The highest BCUT2D eigenvalue weighted by Crippen LogP contribution is 2.39. The molecule has 0 N–H and O–H groups in total. The lowest BCUT2D eigenvalue weighted by Crippen LogP contribution is -1.98. The van der Waals surface area contributed by atoms with Crippen molar-refractivity contribution in [3.05, 3.63) is 40.5 Å². The largest absolute Gasteiger partial charge is 0.494 e. The van der Waals surface area contributed by atoms with Gasteiger partial charge in [0.05, 0.1) is 12.8 Å². The molecule has 0 radical (unpaired) electrons. The number of aromatic nitrogens is 2. The maximum absolute atomic E-state index is 14.2. The normalized spacial score (nSPS) is 14.5. The molecule has 1 aliphatic carbocycles. The molecule has 1 aromatic heterocycles. The maximum Gasteiger partial charge on any atom is 0.174 e. The molecule has 0 unspecified atom stereocenters. The van der Waals surface area contributed by atoms with Crippen LogP contribution in [0.15, 0.2) is 28.9 Å². The average molecular weight is 323 g/mol. The van der Waals surface area contributed by atoms with Gasteiger partial charge in [0.1, 0.15) is 10.4 Å². The van der Waals surface area contributed by atoms with Crippen LogP contribution in [0, 0.1) is 5.82 Å². The van der Waals surface area contributed by atoms with Gasteiger partial charge in [-0.3, -0.25) is 0 Å². The van der Waals surface area contributed by atoms with Crippen molar-refractivity contribution in [2.24, 2.45) is 0 Å². The van der Waals surface area contributed by atoms with E-state index in [-0.39, 0.29) is 5.75 Å². The minimum Gasteiger partial charge on any atom is -0.494 e. The Hall–Kier alpha value is -1.49. The van der Waals surface area contributed by atoms with Crippen molar-refractivity contribution in [1.82, 2.24) is 9.97 Å². The number of hydrogen-bond donors (Lipinski definition) is 0. The number of halogens is 2. The number of hydrogen-bond acceptors (Lipinski definition) is 3. The van der Waals surface area contributed by atoms with Gasteiger partial charge in [0.2, 0.25) is 0 Å². The van der Waals surface area contributed by atoms with E-state index in [1.54, 1.807) is 24.3 Å². The Morgan fingerprint density at radius 3 is 2.79 bits per heavy atom. The van der Waals surface area contributed by atoms with Crippen molar-refractivity contribution in [2.45, 2.75) is 18.8 Å². The SMILES string of the molecule is COc1cccc(-c2cc(Br)nc(C3CC3)n2)c1F. The standard InChI is InChI=1S/C14H12BrFN2O/c1-19-11-4-2-3-9(13(11)16)10-7-12(15)18-14(17-10)8-5-6-8/h2-4,7-8H,5-6H2,1H3. The third-order valence-electron chi connectivity index (χ3n) is 3.11. The van der Waals surface area contributed by atoms with Gasteiger partial charge in [-0.25, -0.2) is 14.4 Å². The van der Waals surface area contributed by atoms with Crippen LogP contribution in [0.25, 0.3) is 11.3 Å². The number of methoxy groups -OCH3 is 1. The van der Waals surface area contributed by atoms with Crippen molar-refractivity contribution in [2.75, 3.05) is 7.11 Å². The predicted octanol–water partition coefficient (Wildman–Crippen LogP) is 3.93. The summed E-state index contributed by atoms with van der Waals surface area (Å²) in [6.45, 7) is 0. The van der Waals surface area contributed by atoms with Crippen LogP contribution in [0.2, 0.25) is 0 Å². The fourth-order valence-corrected chi connectivity index (χ4v) is 2.36. The van der Waals surface area contributed by atoms with Crippen molar-refractivity contribution >= 4 is 15.9 Å². The number of benzene rings is 1. The highest BCUT2D eigenvalue weighted by molar-refractivity contribution is 9.10. The molecule has 5 heteroatoms. The van der Waals surface area contributed by atoms with Crippen LogP contribution >= 0.6 is 15.9 Å². The molecule has 1 aromatic carbocycles. The lowest BCUT2D eigenvalue weighted by atomic mass is 10.1. The van der Waals surface area contributed by atoms with Gasteiger partial charge in [-0.15, -0.1) is 0 Å². The van der Waals surface area contributed by atoms with Crippen LogP contribution in [-0.2, 0) is 0 Å². The summed E-state index contributed by atoms with van der Waals surface area (Å²) in [6.07, 6.45) is 2.22. The second-order valence-electron chi connectivity index (χ2n) is 4.53. The maximum atomic E-state index is 14.2. The summed E-state index contributed by atoms with van der Waals surface area (Å²) in [4.78, 5) is 8.81. The van der Waals surface area contributed by atoms with E-state index in [4.69, 9.17) is 4.74 Å². The van der Waals surface area contributed by atoms with Gasteiger partial charge in [-0.1, -0.05) is 6.07 Å². The molecule has 1 saturated carbocycles. The number of rotatable bonds is 3. The minimum atomic E-state index is -0.391. The van der Waals surface area contributed by atoms with E-state index >= 15 is 0 Å². The molecule has 0 aliphatic heterocycles. The Kier molecular flexibility index (Phi) is 3.22. The summed E-state index contributed by atoms with van der Waals surface area (Å²) in [5.41, 5.74) is 1.02. The molecule has 0 saturated heterocycles. The first-order chi connectivity index (χ1) is 9.19.